The molecule has 0 saturated heterocycles. The Morgan fingerprint density at radius 3 is 2.69 bits per heavy atom. The van der Waals surface area contributed by atoms with E-state index in [4.69, 9.17) is 26.9 Å². The molecule has 3 N–H and O–H groups in total. The lowest BCUT2D eigenvalue weighted by molar-refractivity contribution is 0.0666. The van der Waals surface area contributed by atoms with Crippen LogP contribution in [-0.2, 0) is 0 Å². The SMILES string of the molecule is Cc1nc2oc(C(=O)O)c(N)c2c(C)c1Cl. The maximum Gasteiger partial charge on any atom is 0.374 e. The van der Waals surface area contributed by atoms with Gasteiger partial charge < -0.3 is 15.3 Å². The fourth-order valence-corrected chi connectivity index (χ4v) is 1.75. The van der Waals surface area contributed by atoms with Crippen LogP contribution in [0.1, 0.15) is 21.8 Å². The minimum absolute atomic E-state index is 0.0643. The molecule has 2 heterocycles. The quantitative estimate of drug-likeness (QED) is 0.799. The highest BCUT2D eigenvalue weighted by Crippen LogP contribution is 2.34. The van der Waals surface area contributed by atoms with Gasteiger partial charge in [0, 0.05) is 0 Å². The number of furan rings is 1. The van der Waals surface area contributed by atoms with Crippen molar-refractivity contribution < 1.29 is 14.3 Å². The molecule has 0 fully saturated rings. The number of anilines is 1. The van der Waals surface area contributed by atoms with Crippen LogP contribution in [0.3, 0.4) is 0 Å². The summed E-state index contributed by atoms with van der Waals surface area (Å²) in [7, 11) is 0. The van der Waals surface area contributed by atoms with Gasteiger partial charge in [-0.25, -0.2) is 9.78 Å². The van der Waals surface area contributed by atoms with Gasteiger partial charge in [-0.15, -0.1) is 0 Å². The molecule has 0 saturated carbocycles. The first-order valence-electron chi connectivity index (χ1n) is 4.51. The Bertz CT molecular complexity index is 604. The van der Waals surface area contributed by atoms with Crippen molar-refractivity contribution in [2.75, 3.05) is 5.73 Å². The van der Waals surface area contributed by atoms with Gasteiger partial charge in [-0.1, -0.05) is 11.6 Å². The summed E-state index contributed by atoms with van der Waals surface area (Å²) in [5.41, 5.74) is 7.21. The molecule has 6 heteroatoms. The number of carboxylic acids is 1. The number of pyridine rings is 1. The zero-order chi connectivity index (χ0) is 12.0. The second-order valence-electron chi connectivity index (χ2n) is 3.47. The van der Waals surface area contributed by atoms with Gasteiger partial charge in [0.25, 0.3) is 0 Å². The molecule has 0 aliphatic heterocycles. The number of hydrogen-bond acceptors (Lipinski definition) is 4. The molecule has 16 heavy (non-hydrogen) atoms. The van der Waals surface area contributed by atoms with E-state index in [0.29, 0.717) is 21.7 Å². The zero-order valence-corrected chi connectivity index (χ0v) is 9.42. The molecular weight excluding hydrogens is 232 g/mol. The Hall–Kier alpha value is -1.75. The van der Waals surface area contributed by atoms with E-state index in [0.717, 1.165) is 0 Å². The fraction of sp³-hybridized carbons (Fsp3) is 0.200. The lowest BCUT2D eigenvalue weighted by Crippen LogP contribution is -1.98. The predicted octanol–water partition coefficient (Wildman–Crippen LogP) is 2.38. The molecule has 0 amide bonds. The van der Waals surface area contributed by atoms with E-state index in [1.165, 1.54) is 0 Å². The van der Waals surface area contributed by atoms with Crippen LogP contribution >= 0.6 is 11.6 Å². The molecule has 0 unspecified atom stereocenters. The van der Waals surface area contributed by atoms with Gasteiger partial charge in [0.05, 0.1) is 21.8 Å². The van der Waals surface area contributed by atoms with Crippen LogP contribution in [0.5, 0.6) is 0 Å². The number of aryl methyl sites for hydroxylation is 2. The normalized spacial score (nSPS) is 10.9. The number of aromatic nitrogens is 1. The van der Waals surface area contributed by atoms with Crippen molar-refractivity contribution in [2.45, 2.75) is 13.8 Å². The van der Waals surface area contributed by atoms with Crippen LogP contribution < -0.4 is 5.73 Å². The Kier molecular flexibility index (Phi) is 2.27. The number of hydrogen-bond donors (Lipinski definition) is 2. The maximum absolute atomic E-state index is 10.8. The average molecular weight is 241 g/mol. The van der Waals surface area contributed by atoms with E-state index < -0.39 is 5.97 Å². The van der Waals surface area contributed by atoms with Crippen molar-refractivity contribution in [1.82, 2.24) is 4.98 Å². The molecule has 5 nitrogen and oxygen atoms in total. The molecule has 0 aliphatic carbocycles. The Morgan fingerprint density at radius 2 is 2.12 bits per heavy atom. The third kappa shape index (κ3) is 1.32. The molecule has 2 aromatic rings. The Labute approximate surface area is 95.8 Å². The van der Waals surface area contributed by atoms with E-state index in [1.54, 1.807) is 13.8 Å². The maximum atomic E-state index is 10.8. The molecular formula is C10H9ClN2O3. The van der Waals surface area contributed by atoms with Crippen LogP contribution in [0, 0.1) is 13.8 Å². The molecule has 0 atom stereocenters. The molecule has 0 aliphatic rings. The summed E-state index contributed by atoms with van der Waals surface area (Å²) in [6, 6.07) is 0. The number of fused-ring (bicyclic) bond motifs is 1. The third-order valence-corrected chi connectivity index (χ3v) is 2.97. The van der Waals surface area contributed by atoms with Crippen LogP contribution in [0.15, 0.2) is 4.42 Å². The van der Waals surface area contributed by atoms with Crippen LogP contribution in [0.2, 0.25) is 5.02 Å². The summed E-state index contributed by atoms with van der Waals surface area (Å²) in [6.45, 7) is 3.46. The minimum Gasteiger partial charge on any atom is -0.475 e. The first-order chi connectivity index (χ1) is 7.43. The largest absolute Gasteiger partial charge is 0.475 e. The van der Waals surface area contributed by atoms with Crippen molar-refractivity contribution in [2.24, 2.45) is 0 Å². The number of rotatable bonds is 1. The third-order valence-electron chi connectivity index (χ3n) is 2.41. The standard InChI is InChI=1S/C10H9ClN2O3/c1-3-5-7(12)8(10(14)15)16-9(5)13-4(2)6(3)11/h12H2,1-2H3,(H,14,15). The molecule has 84 valence electrons. The summed E-state index contributed by atoms with van der Waals surface area (Å²) in [6.07, 6.45) is 0. The van der Waals surface area contributed by atoms with E-state index >= 15 is 0 Å². The molecule has 2 aromatic heterocycles. The lowest BCUT2D eigenvalue weighted by Gasteiger charge is -2.02. The monoisotopic (exact) mass is 240 g/mol. The van der Waals surface area contributed by atoms with Crippen molar-refractivity contribution in [3.8, 4) is 0 Å². The highest BCUT2D eigenvalue weighted by atomic mass is 35.5. The van der Waals surface area contributed by atoms with Gasteiger partial charge in [0.2, 0.25) is 11.5 Å². The van der Waals surface area contributed by atoms with Gasteiger partial charge >= 0.3 is 5.97 Å². The van der Waals surface area contributed by atoms with Gasteiger partial charge in [-0.3, -0.25) is 0 Å². The van der Waals surface area contributed by atoms with E-state index in [2.05, 4.69) is 4.98 Å². The van der Waals surface area contributed by atoms with Gasteiger partial charge in [0.1, 0.15) is 0 Å². The minimum atomic E-state index is -1.22. The number of nitrogens with zero attached hydrogens (tertiary/aromatic N) is 1. The van der Waals surface area contributed by atoms with Crippen LogP contribution in [0.4, 0.5) is 5.69 Å². The summed E-state index contributed by atoms with van der Waals surface area (Å²) in [5, 5.41) is 9.80. The first-order valence-corrected chi connectivity index (χ1v) is 4.89. The molecule has 2 rings (SSSR count). The molecule has 0 radical (unpaired) electrons. The zero-order valence-electron chi connectivity index (χ0n) is 8.67. The second-order valence-corrected chi connectivity index (χ2v) is 3.84. The fourth-order valence-electron chi connectivity index (χ4n) is 1.61. The number of carboxylic acid groups (broad SMARTS) is 1. The van der Waals surface area contributed by atoms with Crippen molar-refractivity contribution in [3.05, 3.63) is 22.0 Å². The van der Waals surface area contributed by atoms with Gasteiger partial charge in [-0.05, 0) is 19.4 Å². The van der Waals surface area contributed by atoms with Crippen molar-refractivity contribution in [3.63, 3.8) is 0 Å². The lowest BCUT2D eigenvalue weighted by atomic mass is 10.1. The smallest absolute Gasteiger partial charge is 0.374 e. The van der Waals surface area contributed by atoms with E-state index in [-0.39, 0.29) is 17.2 Å². The summed E-state index contributed by atoms with van der Waals surface area (Å²) in [5.74, 6) is -1.52. The van der Waals surface area contributed by atoms with Gasteiger partial charge in [0.15, 0.2) is 0 Å². The van der Waals surface area contributed by atoms with Crippen LogP contribution in [-0.4, -0.2) is 16.1 Å². The first kappa shape index (κ1) is 10.8. The topological polar surface area (TPSA) is 89.3 Å². The Balaban J connectivity index is 2.93. The number of aromatic carboxylic acids is 1. The Morgan fingerprint density at radius 1 is 1.50 bits per heavy atom. The summed E-state index contributed by atoms with van der Waals surface area (Å²) in [4.78, 5) is 14.9. The van der Waals surface area contributed by atoms with E-state index in [1.807, 2.05) is 0 Å². The molecule has 0 bridgehead atoms. The van der Waals surface area contributed by atoms with E-state index in [9.17, 15) is 4.79 Å². The van der Waals surface area contributed by atoms with Crippen molar-refractivity contribution in [1.29, 1.82) is 0 Å². The van der Waals surface area contributed by atoms with Gasteiger partial charge in [-0.2, -0.15) is 0 Å². The summed E-state index contributed by atoms with van der Waals surface area (Å²) >= 11 is 6.01. The average Bonchev–Trinajstić information content (AvgIpc) is 2.52. The summed E-state index contributed by atoms with van der Waals surface area (Å²) < 4.78 is 5.08. The highest BCUT2D eigenvalue weighted by molar-refractivity contribution is 6.33. The molecule has 0 aromatic carbocycles. The van der Waals surface area contributed by atoms with Crippen LogP contribution in [0.25, 0.3) is 11.1 Å². The molecule has 0 spiro atoms. The highest BCUT2D eigenvalue weighted by Gasteiger charge is 2.21. The number of nitrogens with two attached hydrogens (primary N) is 1. The second kappa shape index (κ2) is 3.38. The predicted molar refractivity (Wildman–Crippen MR) is 59.9 cm³/mol. The number of halogens is 1. The number of nitrogen functional groups attached to an aromatic ring is 1. The number of carbonyl (C=O) groups is 1. The van der Waals surface area contributed by atoms with Crippen molar-refractivity contribution >= 4 is 34.4 Å².